The van der Waals surface area contributed by atoms with Crippen LogP contribution in [0.15, 0.2) is 48.5 Å². The molecule has 0 aromatic heterocycles. The van der Waals surface area contributed by atoms with E-state index >= 15 is 0 Å². The Hall–Kier alpha value is -2.25. The summed E-state index contributed by atoms with van der Waals surface area (Å²) in [6.07, 6.45) is 0. The van der Waals surface area contributed by atoms with Crippen LogP contribution in [0, 0.1) is 6.92 Å². The zero-order valence-corrected chi connectivity index (χ0v) is 15.8. The number of nitrogens with one attached hydrogen (secondary N) is 3. The summed E-state index contributed by atoms with van der Waals surface area (Å²) in [4.78, 5) is 11.9. The molecule has 132 valence electrons. The molecule has 1 amide bonds. The van der Waals surface area contributed by atoms with Crippen LogP contribution in [0.1, 0.15) is 11.1 Å². The van der Waals surface area contributed by atoms with Gasteiger partial charge in [-0.25, -0.2) is 0 Å². The third-order valence-electron chi connectivity index (χ3n) is 3.29. The average Bonchev–Trinajstić information content (AvgIpc) is 2.62. The van der Waals surface area contributed by atoms with E-state index in [9.17, 15) is 4.79 Å². The first kappa shape index (κ1) is 19.1. The Morgan fingerprint density at radius 3 is 2.56 bits per heavy atom. The Labute approximate surface area is 157 Å². The molecule has 0 heterocycles. The first-order valence-electron chi connectivity index (χ1n) is 7.70. The molecule has 0 fully saturated rings. The number of methoxy groups -OCH3 is 1. The number of rotatable bonds is 6. The molecule has 7 heteroatoms. The molecule has 0 saturated carbocycles. The van der Waals surface area contributed by atoms with Crippen LogP contribution < -0.4 is 20.9 Å². The lowest BCUT2D eigenvalue weighted by Gasteiger charge is -2.13. The highest BCUT2D eigenvalue weighted by molar-refractivity contribution is 7.99. The average molecular weight is 376 g/mol. The monoisotopic (exact) mass is 375 g/mol. The summed E-state index contributed by atoms with van der Waals surface area (Å²) in [5.74, 6) is 1.67. The number of anilines is 1. The van der Waals surface area contributed by atoms with Crippen LogP contribution in [0.5, 0.6) is 5.75 Å². The third-order valence-corrected chi connectivity index (χ3v) is 4.50. The van der Waals surface area contributed by atoms with Crippen molar-refractivity contribution in [1.82, 2.24) is 10.9 Å². The minimum atomic E-state index is -0.138. The number of carbonyl (C=O) groups excluding carboxylic acids is 1. The fraction of sp³-hybridized carbons (Fsp3) is 0.222. The summed E-state index contributed by atoms with van der Waals surface area (Å²) in [6.45, 7) is 2.05. The summed E-state index contributed by atoms with van der Waals surface area (Å²) < 4.78 is 5.23. The second kappa shape index (κ2) is 9.90. The summed E-state index contributed by atoms with van der Waals surface area (Å²) in [5.41, 5.74) is 8.43. The van der Waals surface area contributed by atoms with Gasteiger partial charge in [-0.3, -0.25) is 15.6 Å². The molecule has 2 aromatic carbocycles. The van der Waals surface area contributed by atoms with Crippen molar-refractivity contribution in [2.24, 2.45) is 0 Å². The normalized spacial score (nSPS) is 10.0. The van der Waals surface area contributed by atoms with Crippen molar-refractivity contribution >= 4 is 40.7 Å². The number of benzene rings is 2. The summed E-state index contributed by atoms with van der Waals surface area (Å²) >= 11 is 6.71. The highest BCUT2D eigenvalue weighted by Gasteiger charge is 2.06. The van der Waals surface area contributed by atoms with Gasteiger partial charge in [0.2, 0.25) is 5.91 Å². The van der Waals surface area contributed by atoms with Gasteiger partial charge in [0.15, 0.2) is 5.11 Å². The van der Waals surface area contributed by atoms with Crippen LogP contribution in [0.3, 0.4) is 0 Å². The lowest BCUT2D eigenvalue weighted by molar-refractivity contribution is -0.119. The maximum Gasteiger partial charge on any atom is 0.248 e. The lowest BCUT2D eigenvalue weighted by atomic mass is 10.2. The van der Waals surface area contributed by atoms with E-state index in [0.717, 1.165) is 11.4 Å². The van der Waals surface area contributed by atoms with Gasteiger partial charge in [-0.15, -0.1) is 11.8 Å². The first-order chi connectivity index (χ1) is 12.1. The van der Waals surface area contributed by atoms with E-state index in [1.807, 2.05) is 24.3 Å². The summed E-state index contributed by atoms with van der Waals surface area (Å²) in [6, 6.07) is 15.7. The van der Waals surface area contributed by atoms with E-state index in [-0.39, 0.29) is 5.91 Å². The first-order valence-corrected chi connectivity index (χ1v) is 9.27. The van der Waals surface area contributed by atoms with Gasteiger partial charge in [0.1, 0.15) is 5.75 Å². The molecular formula is C18H21N3O2S2. The minimum absolute atomic E-state index is 0.138. The van der Waals surface area contributed by atoms with E-state index in [1.54, 1.807) is 18.9 Å². The molecule has 2 aromatic rings. The zero-order chi connectivity index (χ0) is 18.1. The predicted octanol–water partition coefficient (Wildman–Crippen LogP) is 3.25. The van der Waals surface area contributed by atoms with Gasteiger partial charge in [-0.1, -0.05) is 42.0 Å². The molecule has 0 aliphatic carbocycles. The predicted molar refractivity (Wildman–Crippen MR) is 108 cm³/mol. The topological polar surface area (TPSA) is 62.4 Å². The van der Waals surface area contributed by atoms with Crippen molar-refractivity contribution < 1.29 is 9.53 Å². The van der Waals surface area contributed by atoms with Crippen LogP contribution in [0.2, 0.25) is 0 Å². The van der Waals surface area contributed by atoms with Crippen molar-refractivity contribution in [3.8, 4) is 5.75 Å². The van der Waals surface area contributed by atoms with Gasteiger partial charge >= 0.3 is 0 Å². The summed E-state index contributed by atoms with van der Waals surface area (Å²) in [5, 5.41) is 3.27. The zero-order valence-electron chi connectivity index (χ0n) is 14.2. The molecule has 2 rings (SSSR count). The molecule has 5 nitrogen and oxygen atoms in total. The molecule has 0 radical (unpaired) electrons. The quantitative estimate of drug-likeness (QED) is 0.532. The standard InChI is InChI=1S/C18H21N3O2S2/c1-13-7-9-14(10-8-13)11-25-12-17(22)20-21-18(24)19-15-5-3-4-6-16(15)23-2/h3-10H,11-12H2,1-2H3,(H,20,22)(H2,19,21,24). The SMILES string of the molecule is COc1ccccc1NC(=S)NNC(=O)CSCc1ccc(C)cc1. The molecule has 0 aliphatic heterocycles. The molecule has 3 N–H and O–H groups in total. The summed E-state index contributed by atoms with van der Waals surface area (Å²) in [7, 11) is 1.59. The third kappa shape index (κ3) is 6.64. The Bertz CT molecular complexity index is 721. The van der Waals surface area contributed by atoms with Crippen molar-refractivity contribution in [2.45, 2.75) is 12.7 Å². The highest BCUT2D eigenvalue weighted by atomic mass is 32.2. The molecule has 0 aliphatic rings. The molecule has 0 bridgehead atoms. The van der Waals surface area contributed by atoms with Gasteiger partial charge in [-0.2, -0.15) is 0 Å². The molecular weight excluding hydrogens is 354 g/mol. The maximum atomic E-state index is 11.9. The van der Waals surface area contributed by atoms with Crippen molar-refractivity contribution in [2.75, 3.05) is 18.2 Å². The van der Waals surface area contributed by atoms with Crippen molar-refractivity contribution in [1.29, 1.82) is 0 Å². The van der Waals surface area contributed by atoms with Crippen LogP contribution in [0.4, 0.5) is 5.69 Å². The van der Waals surface area contributed by atoms with E-state index < -0.39 is 0 Å². The number of aryl methyl sites for hydroxylation is 1. The molecule has 0 unspecified atom stereocenters. The van der Waals surface area contributed by atoms with Gasteiger partial charge in [0, 0.05) is 5.75 Å². The van der Waals surface area contributed by atoms with E-state index in [1.165, 1.54) is 11.1 Å². The minimum Gasteiger partial charge on any atom is -0.495 e. The van der Waals surface area contributed by atoms with Gasteiger partial charge in [-0.05, 0) is 36.8 Å². The number of thiocarbonyl (C=S) groups is 1. The Morgan fingerprint density at radius 2 is 1.84 bits per heavy atom. The number of para-hydroxylation sites is 2. The largest absolute Gasteiger partial charge is 0.495 e. The Balaban J connectivity index is 1.68. The van der Waals surface area contributed by atoms with Crippen molar-refractivity contribution in [3.05, 3.63) is 59.7 Å². The van der Waals surface area contributed by atoms with Gasteiger partial charge in [0.25, 0.3) is 0 Å². The number of ether oxygens (including phenoxy) is 1. The van der Waals surface area contributed by atoms with Gasteiger partial charge in [0.05, 0.1) is 18.6 Å². The number of carbonyl (C=O) groups is 1. The number of hydrogen-bond acceptors (Lipinski definition) is 4. The smallest absolute Gasteiger partial charge is 0.248 e. The molecule has 0 spiro atoms. The number of thioether (sulfide) groups is 1. The van der Waals surface area contributed by atoms with Crippen LogP contribution in [-0.2, 0) is 10.5 Å². The molecule has 25 heavy (non-hydrogen) atoms. The number of hydrazine groups is 1. The Morgan fingerprint density at radius 1 is 1.12 bits per heavy atom. The van der Waals surface area contributed by atoms with Crippen molar-refractivity contribution in [3.63, 3.8) is 0 Å². The Kier molecular flexibility index (Phi) is 7.56. The second-order valence-electron chi connectivity index (χ2n) is 5.31. The highest BCUT2D eigenvalue weighted by Crippen LogP contribution is 2.22. The lowest BCUT2D eigenvalue weighted by Crippen LogP contribution is -2.44. The molecule has 0 atom stereocenters. The maximum absolute atomic E-state index is 11.9. The molecule has 0 saturated heterocycles. The second-order valence-corrected chi connectivity index (χ2v) is 6.70. The van der Waals surface area contributed by atoms with Crippen LogP contribution in [-0.4, -0.2) is 23.9 Å². The van der Waals surface area contributed by atoms with E-state index in [2.05, 4.69) is 47.4 Å². The number of hydrogen-bond donors (Lipinski definition) is 3. The van der Waals surface area contributed by atoms with Crippen LogP contribution in [0.25, 0.3) is 0 Å². The van der Waals surface area contributed by atoms with E-state index in [0.29, 0.717) is 16.6 Å². The fourth-order valence-electron chi connectivity index (χ4n) is 2.01. The van der Waals surface area contributed by atoms with Gasteiger partial charge < -0.3 is 10.1 Å². The number of amides is 1. The van der Waals surface area contributed by atoms with E-state index in [4.69, 9.17) is 17.0 Å². The van der Waals surface area contributed by atoms with Crippen LogP contribution >= 0.6 is 24.0 Å². The fourth-order valence-corrected chi connectivity index (χ4v) is 2.96.